The number of aromatic carboxylic acids is 1. The zero-order valence-electron chi connectivity index (χ0n) is 8.65. The van der Waals surface area contributed by atoms with Crippen molar-refractivity contribution >= 4 is 5.97 Å². The van der Waals surface area contributed by atoms with Gasteiger partial charge >= 0.3 is 5.97 Å². The van der Waals surface area contributed by atoms with Gasteiger partial charge in [-0.3, -0.25) is 0 Å². The van der Waals surface area contributed by atoms with Gasteiger partial charge < -0.3 is 5.11 Å². The molecule has 86 valence electrons. The van der Waals surface area contributed by atoms with Crippen LogP contribution in [0.25, 0.3) is 11.1 Å². The van der Waals surface area contributed by atoms with Crippen molar-refractivity contribution in [3.63, 3.8) is 0 Å². The molecule has 2 rings (SSSR count). The predicted octanol–water partition coefficient (Wildman–Crippen LogP) is 3.33. The van der Waals surface area contributed by atoms with Crippen molar-refractivity contribution in [1.82, 2.24) is 0 Å². The summed E-state index contributed by atoms with van der Waals surface area (Å²) >= 11 is 0. The molecule has 0 aliphatic heterocycles. The van der Waals surface area contributed by atoms with Crippen LogP contribution in [0.4, 0.5) is 8.78 Å². The molecule has 0 aliphatic rings. The lowest BCUT2D eigenvalue weighted by Gasteiger charge is -2.06. The molecule has 0 spiro atoms. The van der Waals surface area contributed by atoms with Gasteiger partial charge in [0.25, 0.3) is 0 Å². The molecule has 0 bridgehead atoms. The summed E-state index contributed by atoms with van der Waals surface area (Å²) in [5.41, 5.74) is 0.511. The van der Waals surface area contributed by atoms with Crippen LogP contribution >= 0.6 is 0 Å². The number of halogens is 2. The zero-order chi connectivity index (χ0) is 12.4. The van der Waals surface area contributed by atoms with E-state index >= 15 is 0 Å². The molecule has 0 atom stereocenters. The molecule has 1 N–H and O–H groups in total. The Morgan fingerprint density at radius 2 is 1.59 bits per heavy atom. The smallest absolute Gasteiger partial charge is 0.336 e. The minimum Gasteiger partial charge on any atom is -0.478 e. The van der Waals surface area contributed by atoms with E-state index in [0.29, 0.717) is 5.56 Å². The summed E-state index contributed by atoms with van der Waals surface area (Å²) in [6, 6.07) is 9.02. The molecule has 0 saturated heterocycles. The van der Waals surface area contributed by atoms with Gasteiger partial charge in [-0.05, 0) is 29.3 Å². The molecule has 0 saturated carbocycles. The number of rotatable bonds is 2. The predicted molar refractivity (Wildman–Crippen MR) is 58.8 cm³/mol. The van der Waals surface area contributed by atoms with E-state index in [4.69, 9.17) is 5.11 Å². The monoisotopic (exact) mass is 234 g/mol. The van der Waals surface area contributed by atoms with E-state index in [2.05, 4.69) is 0 Å². The topological polar surface area (TPSA) is 37.3 Å². The quantitative estimate of drug-likeness (QED) is 0.865. The minimum atomic E-state index is -1.13. The van der Waals surface area contributed by atoms with Crippen molar-refractivity contribution in [1.29, 1.82) is 0 Å². The molecule has 2 nitrogen and oxygen atoms in total. The first-order valence-electron chi connectivity index (χ1n) is 4.87. The van der Waals surface area contributed by atoms with Crippen LogP contribution in [-0.2, 0) is 0 Å². The van der Waals surface area contributed by atoms with E-state index in [9.17, 15) is 13.6 Å². The highest BCUT2D eigenvalue weighted by Gasteiger charge is 2.12. The first kappa shape index (κ1) is 11.3. The second kappa shape index (κ2) is 4.33. The van der Waals surface area contributed by atoms with Crippen molar-refractivity contribution in [3.8, 4) is 11.1 Å². The second-order valence-corrected chi connectivity index (χ2v) is 3.51. The molecule has 0 aliphatic carbocycles. The molecule has 0 fully saturated rings. The summed E-state index contributed by atoms with van der Waals surface area (Å²) < 4.78 is 26.1. The third-order valence-electron chi connectivity index (χ3n) is 2.33. The van der Waals surface area contributed by atoms with Gasteiger partial charge in [-0.25, -0.2) is 13.6 Å². The molecule has 0 amide bonds. The second-order valence-electron chi connectivity index (χ2n) is 3.51. The maximum atomic E-state index is 13.1. The summed E-state index contributed by atoms with van der Waals surface area (Å²) in [7, 11) is 0. The summed E-state index contributed by atoms with van der Waals surface area (Å²) in [5.74, 6) is -2.61. The molecule has 17 heavy (non-hydrogen) atoms. The maximum Gasteiger partial charge on any atom is 0.336 e. The van der Waals surface area contributed by atoms with E-state index < -0.39 is 17.6 Å². The standard InChI is InChI=1S/C13H8F2O2/c14-9-5-8(6-10(15)7-9)11-3-1-2-4-12(11)13(16)17/h1-7H,(H,16,17). The van der Waals surface area contributed by atoms with Crippen LogP contribution in [0.3, 0.4) is 0 Å². The van der Waals surface area contributed by atoms with Crippen LogP contribution in [0.1, 0.15) is 10.4 Å². The molecule has 0 heterocycles. The van der Waals surface area contributed by atoms with E-state index in [0.717, 1.165) is 18.2 Å². The van der Waals surface area contributed by atoms with Crippen LogP contribution in [0.2, 0.25) is 0 Å². The fourth-order valence-electron chi connectivity index (χ4n) is 1.63. The molecule has 0 radical (unpaired) electrons. The zero-order valence-corrected chi connectivity index (χ0v) is 8.65. The lowest BCUT2D eigenvalue weighted by atomic mass is 9.99. The average molecular weight is 234 g/mol. The maximum absolute atomic E-state index is 13.1. The Labute approximate surface area is 96.1 Å². The van der Waals surface area contributed by atoms with E-state index in [1.165, 1.54) is 12.1 Å². The highest BCUT2D eigenvalue weighted by molar-refractivity contribution is 5.95. The number of hydrogen-bond donors (Lipinski definition) is 1. The van der Waals surface area contributed by atoms with Crippen LogP contribution in [0, 0.1) is 11.6 Å². The normalized spacial score (nSPS) is 10.2. The van der Waals surface area contributed by atoms with Crippen LogP contribution < -0.4 is 0 Å². The van der Waals surface area contributed by atoms with E-state index in [-0.39, 0.29) is 11.1 Å². The van der Waals surface area contributed by atoms with Crippen molar-refractivity contribution in [2.75, 3.05) is 0 Å². The van der Waals surface area contributed by atoms with Gasteiger partial charge in [0.15, 0.2) is 0 Å². The average Bonchev–Trinajstić information content (AvgIpc) is 2.27. The molecule has 2 aromatic carbocycles. The van der Waals surface area contributed by atoms with Gasteiger partial charge in [0.1, 0.15) is 11.6 Å². The summed E-state index contributed by atoms with van der Waals surface area (Å²) in [6.07, 6.45) is 0. The SMILES string of the molecule is O=C(O)c1ccccc1-c1cc(F)cc(F)c1. The van der Waals surface area contributed by atoms with Crippen LogP contribution in [0.15, 0.2) is 42.5 Å². The lowest BCUT2D eigenvalue weighted by molar-refractivity contribution is 0.0697. The number of carboxylic acids is 1. The summed E-state index contributed by atoms with van der Waals surface area (Å²) in [6.45, 7) is 0. The van der Waals surface area contributed by atoms with Crippen LogP contribution in [-0.4, -0.2) is 11.1 Å². The molecule has 0 unspecified atom stereocenters. The Balaban J connectivity index is 2.64. The van der Waals surface area contributed by atoms with Gasteiger partial charge in [-0.1, -0.05) is 18.2 Å². The highest BCUT2D eigenvalue weighted by atomic mass is 19.1. The Bertz CT molecular complexity index is 559. The van der Waals surface area contributed by atoms with Gasteiger partial charge in [-0.15, -0.1) is 0 Å². The third kappa shape index (κ3) is 2.30. The van der Waals surface area contributed by atoms with Crippen LogP contribution in [0.5, 0.6) is 0 Å². The van der Waals surface area contributed by atoms with Crippen molar-refractivity contribution in [2.45, 2.75) is 0 Å². The Hall–Kier alpha value is -2.23. The number of hydrogen-bond acceptors (Lipinski definition) is 1. The number of carboxylic acid groups (broad SMARTS) is 1. The molecule has 4 heteroatoms. The Morgan fingerprint density at radius 3 is 2.18 bits per heavy atom. The first-order valence-corrected chi connectivity index (χ1v) is 4.87. The van der Waals surface area contributed by atoms with Gasteiger partial charge in [0.05, 0.1) is 5.56 Å². The fourth-order valence-corrected chi connectivity index (χ4v) is 1.63. The number of benzene rings is 2. The van der Waals surface area contributed by atoms with E-state index in [1.54, 1.807) is 12.1 Å². The summed E-state index contributed by atoms with van der Waals surface area (Å²) in [5, 5.41) is 8.98. The van der Waals surface area contributed by atoms with Gasteiger partial charge in [0, 0.05) is 6.07 Å². The van der Waals surface area contributed by atoms with E-state index in [1.807, 2.05) is 0 Å². The third-order valence-corrected chi connectivity index (χ3v) is 2.33. The molecule has 2 aromatic rings. The van der Waals surface area contributed by atoms with Gasteiger partial charge in [0.2, 0.25) is 0 Å². The Morgan fingerprint density at radius 1 is 1.00 bits per heavy atom. The Kier molecular flexibility index (Phi) is 2.87. The molecular formula is C13H8F2O2. The highest BCUT2D eigenvalue weighted by Crippen LogP contribution is 2.25. The first-order chi connectivity index (χ1) is 8.08. The lowest BCUT2D eigenvalue weighted by Crippen LogP contribution is -1.99. The van der Waals surface area contributed by atoms with Gasteiger partial charge in [-0.2, -0.15) is 0 Å². The number of carbonyl (C=O) groups is 1. The summed E-state index contributed by atoms with van der Waals surface area (Å²) in [4.78, 5) is 11.0. The van der Waals surface area contributed by atoms with Crippen molar-refractivity contribution in [3.05, 3.63) is 59.7 Å². The fraction of sp³-hybridized carbons (Fsp3) is 0. The van der Waals surface area contributed by atoms with Crippen molar-refractivity contribution in [2.24, 2.45) is 0 Å². The largest absolute Gasteiger partial charge is 0.478 e. The molecule has 0 aromatic heterocycles. The minimum absolute atomic E-state index is 0.0116. The van der Waals surface area contributed by atoms with Crippen molar-refractivity contribution < 1.29 is 18.7 Å². The molecular weight excluding hydrogens is 226 g/mol.